The molecule has 0 saturated heterocycles. The van der Waals surface area contributed by atoms with Crippen LogP contribution in [0.1, 0.15) is 15.2 Å². The molecule has 6 nitrogen and oxygen atoms in total. The minimum atomic E-state index is -3.85. The quantitative estimate of drug-likeness (QED) is 0.416. The van der Waals surface area contributed by atoms with Gasteiger partial charge in [-0.2, -0.15) is 0 Å². The summed E-state index contributed by atoms with van der Waals surface area (Å²) < 4.78 is 28.4. The van der Waals surface area contributed by atoms with Crippen molar-refractivity contribution in [1.29, 1.82) is 0 Å². The number of thiazole rings is 1. The first-order valence-corrected chi connectivity index (χ1v) is 12.1. The van der Waals surface area contributed by atoms with Gasteiger partial charge in [-0.3, -0.25) is 14.8 Å². The summed E-state index contributed by atoms with van der Waals surface area (Å²) in [6.45, 7) is 1.88. The lowest BCUT2D eigenvalue weighted by Crippen LogP contribution is -2.17. The van der Waals surface area contributed by atoms with E-state index in [4.69, 9.17) is 0 Å². The molecule has 4 rings (SSSR count). The van der Waals surface area contributed by atoms with Gasteiger partial charge in [0.2, 0.25) is 0 Å². The molecule has 0 fully saturated rings. The molecule has 0 aliphatic heterocycles. The van der Waals surface area contributed by atoms with E-state index in [9.17, 15) is 13.2 Å². The normalized spacial score (nSPS) is 11.2. The third-order valence-corrected chi connectivity index (χ3v) is 7.48. The number of rotatable bonds is 6. The first kappa shape index (κ1) is 20.3. The Morgan fingerprint density at radius 1 is 1.03 bits per heavy atom. The van der Waals surface area contributed by atoms with Gasteiger partial charge in [0.1, 0.15) is 4.88 Å². The lowest BCUT2D eigenvalue weighted by molar-refractivity contribution is 0.103. The Bertz CT molecular complexity index is 1260. The number of aromatic nitrogens is 1. The standard InChI is InChI=1S/C21H17N3O3S3/c1-14-7-9-16(10-8-14)30(26,27)24-17-13-18(15-5-3-2-4-6-15)29-19(17)20(25)23-21-22-11-12-28-21/h2-13,24H,1H3,(H,22,23,25). The number of benzene rings is 2. The van der Waals surface area contributed by atoms with Crippen LogP contribution < -0.4 is 10.0 Å². The van der Waals surface area contributed by atoms with Crippen LogP contribution in [0.4, 0.5) is 10.8 Å². The largest absolute Gasteiger partial charge is 0.297 e. The van der Waals surface area contributed by atoms with Crippen LogP contribution in [0.5, 0.6) is 0 Å². The number of thiophene rings is 1. The summed E-state index contributed by atoms with van der Waals surface area (Å²) in [6, 6.07) is 17.7. The number of carbonyl (C=O) groups is 1. The summed E-state index contributed by atoms with van der Waals surface area (Å²) >= 11 is 2.51. The van der Waals surface area contributed by atoms with Gasteiger partial charge in [-0.1, -0.05) is 48.0 Å². The summed E-state index contributed by atoms with van der Waals surface area (Å²) in [5.41, 5.74) is 2.08. The number of anilines is 2. The number of hydrogen-bond donors (Lipinski definition) is 2. The minimum absolute atomic E-state index is 0.131. The second-order valence-corrected chi connectivity index (χ2v) is 10.1. The molecule has 2 aromatic carbocycles. The molecule has 0 spiro atoms. The maximum atomic E-state index is 12.9. The van der Waals surface area contributed by atoms with Gasteiger partial charge in [0, 0.05) is 16.5 Å². The van der Waals surface area contributed by atoms with E-state index in [0.29, 0.717) is 5.13 Å². The predicted octanol–water partition coefficient (Wildman–Crippen LogP) is 5.23. The van der Waals surface area contributed by atoms with E-state index in [0.717, 1.165) is 16.0 Å². The van der Waals surface area contributed by atoms with Crippen LogP contribution in [0.15, 0.2) is 77.1 Å². The number of aryl methyl sites for hydroxylation is 1. The third kappa shape index (κ3) is 4.43. The Balaban J connectivity index is 1.72. The van der Waals surface area contributed by atoms with Crippen molar-refractivity contribution < 1.29 is 13.2 Å². The van der Waals surface area contributed by atoms with Crippen molar-refractivity contribution >= 4 is 49.4 Å². The molecule has 2 heterocycles. The highest BCUT2D eigenvalue weighted by atomic mass is 32.2. The number of amides is 1. The first-order chi connectivity index (χ1) is 14.4. The van der Waals surface area contributed by atoms with Gasteiger partial charge < -0.3 is 0 Å². The van der Waals surface area contributed by atoms with Crippen LogP contribution in [-0.2, 0) is 10.0 Å². The monoisotopic (exact) mass is 455 g/mol. The molecule has 0 aliphatic carbocycles. The van der Waals surface area contributed by atoms with Crippen LogP contribution in [0.2, 0.25) is 0 Å². The average molecular weight is 456 g/mol. The van der Waals surface area contributed by atoms with Gasteiger partial charge in [0.05, 0.1) is 10.6 Å². The van der Waals surface area contributed by atoms with Gasteiger partial charge >= 0.3 is 0 Å². The summed E-state index contributed by atoms with van der Waals surface area (Å²) in [5.74, 6) is -0.418. The Kier molecular flexibility index (Phi) is 5.67. The molecule has 0 unspecified atom stereocenters. The molecule has 0 radical (unpaired) electrons. The molecule has 4 aromatic rings. The lowest BCUT2D eigenvalue weighted by atomic mass is 10.2. The van der Waals surface area contributed by atoms with E-state index in [-0.39, 0.29) is 15.5 Å². The Morgan fingerprint density at radius 2 is 1.77 bits per heavy atom. The van der Waals surface area contributed by atoms with E-state index in [1.54, 1.807) is 29.8 Å². The predicted molar refractivity (Wildman–Crippen MR) is 122 cm³/mol. The van der Waals surface area contributed by atoms with Crippen molar-refractivity contribution in [3.8, 4) is 10.4 Å². The Morgan fingerprint density at radius 3 is 2.43 bits per heavy atom. The average Bonchev–Trinajstić information content (AvgIpc) is 3.39. The van der Waals surface area contributed by atoms with Crippen LogP contribution in [0, 0.1) is 6.92 Å². The molecular weight excluding hydrogens is 438 g/mol. The van der Waals surface area contributed by atoms with Gasteiger partial charge in [-0.15, -0.1) is 22.7 Å². The van der Waals surface area contributed by atoms with E-state index in [1.807, 2.05) is 37.3 Å². The Labute approximate surface area is 182 Å². The number of nitrogens with zero attached hydrogens (tertiary/aromatic N) is 1. The zero-order valence-corrected chi connectivity index (χ0v) is 18.3. The third-order valence-electron chi connectivity index (χ3n) is 4.23. The number of nitrogens with one attached hydrogen (secondary N) is 2. The molecule has 0 atom stereocenters. The maximum Gasteiger partial charge on any atom is 0.269 e. The molecule has 0 saturated carbocycles. The first-order valence-electron chi connectivity index (χ1n) is 8.92. The van der Waals surface area contributed by atoms with E-state index in [2.05, 4.69) is 15.0 Å². The lowest BCUT2D eigenvalue weighted by Gasteiger charge is -2.09. The van der Waals surface area contributed by atoms with Crippen LogP contribution in [-0.4, -0.2) is 19.3 Å². The van der Waals surface area contributed by atoms with Gasteiger partial charge in [0.25, 0.3) is 15.9 Å². The van der Waals surface area contributed by atoms with E-state index in [1.165, 1.54) is 34.8 Å². The van der Waals surface area contributed by atoms with Crippen molar-refractivity contribution in [2.45, 2.75) is 11.8 Å². The minimum Gasteiger partial charge on any atom is -0.297 e. The van der Waals surface area contributed by atoms with Gasteiger partial charge in [0.15, 0.2) is 5.13 Å². The van der Waals surface area contributed by atoms with Crippen LogP contribution in [0.25, 0.3) is 10.4 Å². The second-order valence-electron chi connectivity index (χ2n) is 6.43. The fraction of sp³-hybridized carbons (Fsp3) is 0.0476. The fourth-order valence-corrected chi connectivity index (χ4v) is 5.41. The smallest absolute Gasteiger partial charge is 0.269 e. The van der Waals surface area contributed by atoms with Gasteiger partial charge in [-0.25, -0.2) is 13.4 Å². The number of carbonyl (C=O) groups excluding carboxylic acids is 1. The summed E-state index contributed by atoms with van der Waals surface area (Å²) in [7, 11) is -3.85. The van der Waals surface area contributed by atoms with Crippen molar-refractivity contribution in [3.05, 3.63) is 82.7 Å². The topological polar surface area (TPSA) is 88.2 Å². The molecule has 2 aromatic heterocycles. The highest BCUT2D eigenvalue weighted by molar-refractivity contribution is 7.92. The summed E-state index contributed by atoms with van der Waals surface area (Å²) in [4.78, 5) is 18.1. The van der Waals surface area contributed by atoms with Crippen LogP contribution in [0.3, 0.4) is 0 Å². The number of hydrogen-bond acceptors (Lipinski definition) is 6. The molecule has 0 bridgehead atoms. The highest BCUT2D eigenvalue weighted by Gasteiger charge is 2.23. The van der Waals surface area contributed by atoms with E-state index >= 15 is 0 Å². The van der Waals surface area contributed by atoms with Crippen LogP contribution >= 0.6 is 22.7 Å². The molecule has 1 amide bonds. The zero-order valence-electron chi connectivity index (χ0n) is 15.8. The molecule has 0 aliphatic rings. The van der Waals surface area contributed by atoms with Gasteiger partial charge in [-0.05, 0) is 30.7 Å². The Hall–Kier alpha value is -3.01. The fourth-order valence-electron chi connectivity index (χ4n) is 2.74. The summed E-state index contributed by atoms with van der Waals surface area (Å²) in [6.07, 6.45) is 1.59. The highest BCUT2D eigenvalue weighted by Crippen LogP contribution is 2.36. The molecule has 2 N–H and O–H groups in total. The molecule has 9 heteroatoms. The summed E-state index contributed by atoms with van der Waals surface area (Å²) in [5, 5.41) is 4.92. The second kappa shape index (κ2) is 8.39. The molecule has 30 heavy (non-hydrogen) atoms. The maximum absolute atomic E-state index is 12.9. The van der Waals surface area contributed by atoms with Crippen molar-refractivity contribution in [3.63, 3.8) is 0 Å². The zero-order chi connectivity index (χ0) is 21.1. The van der Waals surface area contributed by atoms with Crippen molar-refractivity contribution in [1.82, 2.24) is 4.98 Å². The van der Waals surface area contributed by atoms with Crippen molar-refractivity contribution in [2.75, 3.05) is 10.0 Å². The molecule has 152 valence electrons. The van der Waals surface area contributed by atoms with Crippen molar-refractivity contribution in [2.24, 2.45) is 0 Å². The number of sulfonamides is 1. The van der Waals surface area contributed by atoms with E-state index < -0.39 is 15.9 Å². The molecular formula is C21H17N3O3S3. The SMILES string of the molecule is Cc1ccc(S(=O)(=O)Nc2cc(-c3ccccc3)sc2C(=O)Nc2nccs2)cc1.